The van der Waals surface area contributed by atoms with E-state index in [4.69, 9.17) is 0 Å². The Morgan fingerprint density at radius 3 is 2.62 bits per heavy atom. The first-order chi connectivity index (χ1) is 7.50. The van der Waals surface area contributed by atoms with Gasteiger partial charge in [-0.1, -0.05) is 25.1 Å². The monoisotopic (exact) mass is 229 g/mol. The van der Waals surface area contributed by atoms with Gasteiger partial charge in [0.1, 0.15) is 0 Å². The first kappa shape index (κ1) is 11.5. The summed E-state index contributed by atoms with van der Waals surface area (Å²) >= 11 is 0. The van der Waals surface area contributed by atoms with Crippen LogP contribution in [0.5, 0.6) is 0 Å². The highest BCUT2D eigenvalue weighted by Gasteiger charge is 2.38. The molecule has 2 rings (SSSR count). The number of benzene rings is 1. The first-order valence-corrected chi connectivity index (χ1v) is 5.43. The second kappa shape index (κ2) is 4.09. The molecule has 1 nitrogen and oxygen atoms in total. The number of alkyl halides is 3. The van der Waals surface area contributed by atoms with Gasteiger partial charge in [0.05, 0.1) is 0 Å². The van der Waals surface area contributed by atoms with Gasteiger partial charge in [0.15, 0.2) is 0 Å². The standard InChI is InChI=1S/C12H14F3N/c1-2-9-3-4-11-8-16(12(13,14)15)6-5-10(11)7-9/h3-4,7H,2,5-6,8H2,1H3. The van der Waals surface area contributed by atoms with E-state index in [1.165, 1.54) is 5.56 Å². The molecule has 88 valence electrons. The molecule has 0 fully saturated rings. The number of fused-ring (bicyclic) bond motifs is 1. The molecule has 1 aliphatic heterocycles. The highest BCUT2D eigenvalue weighted by molar-refractivity contribution is 5.33. The molecule has 16 heavy (non-hydrogen) atoms. The normalized spacial score (nSPS) is 17.2. The van der Waals surface area contributed by atoms with Crippen molar-refractivity contribution in [1.29, 1.82) is 0 Å². The summed E-state index contributed by atoms with van der Waals surface area (Å²) in [6.07, 6.45) is -2.79. The van der Waals surface area contributed by atoms with Crippen LogP contribution in [-0.2, 0) is 19.4 Å². The predicted molar refractivity (Wildman–Crippen MR) is 56.0 cm³/mol. The van der Waals surface area contributed by atoms with Gasteiger partial charge >= 0.3 is 6.30 Å². The van der Waals surface area contributed by atoms with Crippen LogP contribution >= 0.6 is 0 Å². The lowest BCUT2D eigenvalue weighted by Gasteiger charge is -2.30. The number of halogens is 3. The molecule has 0 atom stereocenters. The van der Waals surface area contributed by atoms with Crippen molar-refractivity contribution in [2.24, 2.45) is 0 Å². The maximum absolute atomic E-state index is 12.5. The molecule has 1 heterocycles. The van der Waals surface area contributed by atoms with Crippen LogP contribution in [0.1, 0.15) is 23.6 Å². The van der Waals surface area contributed by atoms with Gasteiger partial charge in [-0.2, -0.15) is 13.2 Å². The van der Waals surface area contributed by atoms with E-state index in [1.54, 1.807) is 0 Å². The van der Waals surface area contributed by atoms with E-state index in [1.807, 2.05) is 25.1 Å². The lowest BCUT2D eigenvalue weighted by atomic mass is 9.97. The van der Waals surface area contributed by atoms with Gasteiger partial charge in [-0.25, -0.2) is 4.90 Å². The summed E-state index contributed by atoms with van der Waals surface area (Å²) in [7, 11) is 0. The summed E-state index contributed by atoms with van der Waals surface area (Å²) in [5.41, 5.74) is 3.07. The zero-order chi connectivity index (χ0) is 11.8. The third-order valence-electron chi connectivity index (χ3n) is 3.05. The number of nitrogens with zero attached hydrogens (tertiary/aromatic N) is 1. The van der Waals surface area contributed by atoms with E-state index in [2.05, 4.69) is 0 Å². The average molecular weight is 229 g/mol. The molecule has 1 aliphatic rings. The van der Waals surface area contributed by atoms with E-state index in [0.29, 0.717) is 11.3 Å². The Morgan fingerprint density at radius 2 is 2.00 bits per heavy atom. The fourth-order valence-electron chi connectivity index (χ4n) is 2.04. The number of hydrogen-bond acceptors (Lipinski definition) is 1. The zero-order valence-corrected chi connectivity index (χ0v) is 9.14. The maximum atomic E-state index is 12.5. The van der Waals surface area contributed by atoms with Crippen molar-refractivity contribution in [2.45, 2.75) is 32.6 Å². The van der Waals surface area contributed by atoms with Crippen molar-refractivity contribution in [3.63, 3.8) is 0 Å². The van der Waals surface area contributed by atoms with E-state index in [9.17, 15) is 13.2 Å². The Bertz CT molecular complexity index is 384. The first-order valence-electron chi connectivity index (χ1n) is 5.43. The molecule has 1 aromatic rings. The van der Waals surface area contributed by atoms with Crippen molar-refractivity contribution in [3.05, 3.63) is 34.9 Å². The van der Waals surface area contributed by atoms with Crippen LogP contribution in [0.15, 0.2) is 18.2 Å². The summed E-state index contributed by atoms with van der Waals surface area (Å²) in [6.45, 7) is 2.11. The fraction of sp³-hybridized carbons (Fsp3) is 0.500. The minimum Gasteiger partial charge on any atom is -0.210 e. The van der Waals surface area contributed by atoms with Crippen LogP contribution in [-0.4, -0.2) is 17.7 Å². The molecule has 0 saturated heterocycles. The molecule has 0 saturated carbocycles. The van der Waals surface area contributed by atoms with Crippen molar-refractivity contribution >= 4 is 0 Å². The van der Waals surface area contributed by atoms with E-state index >= 15 is 0 Å². The van der Waals surface area contributed by atoms with Crippen LogP contribution in [0.3, 0.4) is 0 Å². The van der Waals surface area contributed by atoms with Crippen molar-refractivity contribution in [2.75, 3.05) is 6.54 Å². The van der Waals surface area contributed by atoms with Gasteiger partial charge in [0, 0.05) is 13.1 Å². The largest absolute Gasteiger partial charge is 0.460 e. The summed E-state index contributed by atoms with van der Waals surface area (Å²) in [5, 5.41) is 0. The molecule has 0 spiro atoms. The van der Waals surface area contributed by atoms with E-state index in [0.717, 1.165) is 17.5 Å². The Balaban J connectivity index is 2.22. The summed E-state index contributed by atoms with van der Waals surface area (Å²) in [4.78, 5) is 0.570. The smallest absolute Gasteiger partial charge is 0.210 e. The van der Waals surface area contributed by atoms with Gasteiger partial charge in [0.25, 0.3) is 0 Å². The number of hydrogen-bond donors (Lipinski definition) is 0. The number of aryl methyl sites for hydroxylation is 1. The van der Waals surface area contributed by atoms with Gasteiger partial charge in [-0.3, -0.25) is 0 Å². The molecule has 4 heteroatoms. The van der Waals surface area contributed by atoms with Crippen LogP contribution in [0.2, 0.25) is 0 Å². The second-order valence-electron chi connectivity index (χ2n) is 4.10. The van der Waals surface area contributed by atoms with Crippen LogP contribution in [0.4, 0.5) is 13.2 Å². The van der Waals surface area contributed by atoms with Gasteiger partial charge in [0.2, 0.25) is 0 Å². The molecule has 0 radical (unpaired) electrons. The van der Waals surface area contributed by atoms with Gasteiger partial charge < -0.3 is 0 Å². The second-order valence-corrected chi connectivity index (χ2v) is 4.10. The minimum atomic E-state index is -4.21. The number of rotatable bonds is 1. The third kappa shape index (κ3) is 2.21. The van der Waals surface area contributed by atoms with Crippen LogP contribution in [0.25, 0.3) is 0 Å². The fourth-order valence-corrected chi connectivity index (χ4v) is 2.04. The van der Waals surface area contributed by atoms with Crippen LogP contribution < -0.4 is 0 Å². The lowest BCUT2D eigenvalue weighted by molar-refractivity contribution is -0.250. The highest BCUT2D eigenvalue weighted by Crippen LogP contribution is 2.29. The third-order valence-corrected chi connectivity index (χ3v) is 3.05. The molecule has 0 N–H and O–H groups in total. The summed E-state index contributed by atoms with van der Waals surface area (Å²) < 4.78 is 37.5. The van der Waals surface area contributed by atoms with Crippen molar-refractivity contribution < 1.29 is 13.2 Å². The van der Waals surface area contributed by atoms with Crippen LogP contribution in [0, 0.1) is 0 Å². The van der Waals surface area contributed by atoms with Crippen molar-refractivity contribution in [1.82, 2.24) is 4.90 Å². The van der Waals surface area contributed by atoms with E-state index in [-0.39, 0.29) is 13.1 Å². The average Bonchev–Trinajstić information content (AvgIpc) is 2.26. The van der Waals surface area contributed by atoms with Crippen molar-refractivity contribution in [3.8, 4) is 0 Å². The molecular weight excluding hydrogens is 215 g/mol. The Labute approximate surface area is 92.9 Å². The molecule has 0 aromatic heterocycles. The van der Waals surface area contributed by atoms with Gasteiger partial charge in [-0.05, 0) is 29.5 Å². The SMILES string of the molecule is CCc1ccc2c(c1)CCN(C(F)(F)F)C2. The maximum Gasteiger partial charge on any atom is 0.460 e. The highest BCUT2D eigenvalue weighted by atomic mass is 19.4. The Morgan fingerprint density at radius 1 is 1.25 bits per heavy atom. The molecule has 1 aromatic carbocycles. The zero-order valence-electron chi connectivity index (χ0n) is 9.14. The summed E-state index contributed by atoms with van der Waals surface area (Å²) in [5.74, 6) is 0. The Hall–Kier alpha value is -1.03. The Kier molecular flexibility index (Phi) is 2.93. The minimum absolute atomic E-state index is 0.0111. The summed E-state index contributed by atoms with van der Waals surface area (Å²) in [6, 6.07) is 5.77. The molecular formula is C12H14F3N. The molecule has 0 aliphatic carbocycles. The quantitative estimate of drug-likeness (QED) is 0.669. The molecule has 0 amide bonds. The topological polar surface area (TPSA) is 3.24 Å². The van der Waals surface area contributed by atoms with Gasteiger partial charge in [-0.15, -0.1) is 0 Å². The molecule has 0 bridgehead atoms. The predicted octanol–water partition coefficient (Wildman–Crippen LogP) is 3.13. The molecule has 0 unspecified atom stereocenters. The lowest BCUT2D eigenvalue weighted by Crippen LogP contribution is -2.41. The van der Waals surface area contributed by atoms with E-state index < -0.39 is 6.30 Å².